The van der Waals surface area contributed by atoms with Crippen LogP contribution < -0.4 is 0 Å². The molecule has 0 aromatic carbocycles. The molecule has 0 spiro atoms. The van der Waals surface area contributed by atoms with Gasteiger partial charge in [0.2, 0.25) is 5.91 Å². The van der Waals surface area contributed by atoms with Crippen molar-refractivity contribution in [2.75, 3.05) is 13.2 Å². The molecule has 0 aromatic rings. The number of carboxylic acids is 1. The van der Waals surface area contributed by atoms with E-state index in [4.69, 9.17) is 9.84 Å². The van der Waals surface area contributed by atoms with Crippen LogP contribution in [0.1, 0.15) is 6.92 Å². The van der Waals surface area contributed by atoms with Gasteiger partial charge in [0, 0.05) is 6.54 Å². The van der Waals surface area contributed by atoms with Crippen LogP contribution in [0.3, 0.4) is 0 Å². The highest BCUT2D eigenvalue weighted by Crippen LogP contribution is 2.14. The monoisotopic (exact) mass is 199 g/mol. The van der Waals surface area contributed by atoms with Gasteiger partial charge in [-0.05, 0) is 13.0 Å². The van der Waals surface area contributed by atoms with Crippen molar-refractivity contribution in [3.63, 3.8) is 0 Å². The van der Waals surface area contributed by atoms with Crippen LogP contribution in [0.5, 0.6) is 0 Å². The van der Waals surface area contributed by atoms with Gasteiger partial charge in [-0.3, -0.25) is 4.79 Å². The fraction of sp³-hybridized carbons (Fsp3) is 0.556. The molecule has 1 amide bonds. The lowest BCUT2D eigenvalue weighted by atomic mass is 10.1. The second-order valence-electron chi connectivity index (χ2n) is 3.09. The van der Waals surface area contributed by atoms with Crippen molar-refractivity contribution in [2.24, 2.45) is 0 Å². The summed E-state index contributed by atoms with van der Waals surface area (Å²) in [6.07, 6.45) is 0.638. The van der Waals surface area contributed by atoms with E-state index in [-0.39, 0.29) is 5.91 Å². The van der Waals surface area contributed by atoms with Crippen molar-refractivity contribution in [1.82, 2.24) is 4.90 Å². The zero-order valence-corrected chi connectivity index (χ0v) is 7.97. The number of hydrogen-bond acceptors (Lipinski definition) is 3. The van der Waals surface area contributed by atoms with Crippen molar-refractivity contribution in [2.45, 2.75) is 19.1 Å². The van der Waals surface area contributed by atoms with E-state index in [1.165, 1.54) is 4.90 Å². The predicted molar refractivity (Wildman–Crippen MR) is 48.7 cm³/mol. The predicted octanol–water partition coefficient (Wildman–Crippen LogP) is -0.127. The number of amides is 1. The highest BCUT2D eigenvalue weighted by Gasteiger charge is 2.36. The summed E-state index contributed by atoms with van der Waals surface area (Å²) in [6.45, 7) is 5.63. The molecule has 1 aliphatic rings. The van der Waals surface area contributed by atoms with Crippen LogP contribution in [0.15, 0.2) is 12.7 Å². The Morgan fingerprint density at radius 1 is 1.64 bits per heavy atom. The Balaban J connectivity index is 2.84. The molecule has 0 aliphatic carbocycles. The molecular formula is C9H13NO4. The summed E-state index contributed by atoms with van der Waals surface area (Å²) in [5.74, 6) is -1.42. The molecule has 2 atom stereocenters. The van der Waals surface area contributed by atoms with Crippen molar-refractivity contribution in [3.05, 3.63) is 12.7 Å². The van der Waals surface area contributed by atoms with E-state index in [0.717, 1.165) is 6.08 Å². The van der Waals surface area contributed by atoms with Gasteiger partial charge in [0.05, 0.1) is 12.7 Å². The average Bonchev–Trinajstić information content (AvgIpc) is 2.15. The Labute approximate surface area is 82.0 Å². The fourth-order valence-corrected chi connectivity index (χ4v) is 1.52. The van der Waals surface area contributed by atoms with E-state index in [1.54, 1.807) is 6.92 Å². The maximum absolute atomic E-state index is 11.3. The van der Waals surface area contributed by atoms with Crippen molar-refractivity contribution in [3.8, 4) is 0 Å². The molecule has 0 radical (unpaired) electrons. The molecule has 0 bridgehead atoms. The Bertz CT molecular complexity index is 264. The van der Waals surface area contributed by atoms with Crippen LogP contribution in [0.2, 0.25) is 0 Å². The third-order valence-corrected chi connectivity index (χ3v) is 2.20. The normalized spacial score (nSPS) is 27.1. The molecule has 1 saturated heterocycles. The summed E-state index contributed by atoms with van der Waals surface area (Å²) in [5.41, 5.74) is 0. The molecule has 0 saturated carbocycles. The van der Waals surface area contributed by atoms with E-state index in [1.807, 2.05) is 0 Å². The van der Waals surface area contributed by atoms with Crippen molar-refractivity contribution >= 4 is 11.9 Å². The average molecular weight is 199 g/mol. The first-order valence-electron chi connectivity index (χ1n) is 4.35. The largest absolute Gasteiger partial charge is 0.480 e. The highest BCUT2D eigenvalue weighted by molar-refractivity contribution is 5.91. The number of nitrogens with zero attached hydrogens (tertiary/aromatic N) is 1. The third kappa shape index (κ3) is 1.93. The molecule has 0 aromatic heterocycles. The SMILES string of the molecule is C=CC(=O)N1CCO[C@@H](C)[C@@H]1C(=O)O. The number of carbonyl (C=O) groups excluding carboxylic acids is 1. The molecule has 5 heteroatoms. The van der Waals surface area contributed by atoms with Gasteiger partial charge >= 0.3 is 5.97 Å². The molecule has 14 heavy (non-hydrogen) atoms. The lowest BCUT2D eigenvalue weighted by molar-refractivity contribution is -0.162. The highest BCUT2D eigenvalue weighted by atomic mass is 16.5. The fourth-order valence-electron chi connectivity index (χ4n) is 1.52. The van der Waals surface area contributed by atoms with Crippen LogP contribution >= 0.6 is 0 Å². The Kier molecular flexibility index (Phi) is 3.24. The molecule has 1 heterocycles. The van der Waals surface area contributed by atoms with Gasteiger partial charge < -0.3 is 14.7 Å². The standard InChI is InChI=1S/C9H13NO4/c1-3-7(11)10-4-5-14-6(2)8(10)9(12)13/h3,6,8H,1,4-5H2,2H3,(H,12,13)/t6-,8+/m0/s1. The number of carbonyl (C=O) groups is 2. The Morgan fingerprint density at radius 2 is 2.29 bits per heavy atom. The third-order valence-electron chi connectivity index (χ3n) is 2.20. The first-order chi connectivity index (χ1) is 6.57. The van der Waals surface area contributed by atoms with Gasteiger partial charge in [0.15, 0.2) is 6.04 Å². The lowest BCUT2D eigenvalue weighted by Gasteiger charge is -2.36. The van der Waals surface area contributed by atoms with E-state index < -0.39 is 18.1 Å². The second kappa shape index (κ2) is 4.23. The van der Waals surface area contributed by atoms with Crippen LogP contribution in [0.4, 0.5) is 0 Å². The summed E-state index contributed by atoms with van der Waals surface area (Å²) >= 11 is 0. The molecular weight excluding hydrogens is 186 g/mol. The van der Waals surface area contributed by atoms with Gasteiger partial charge in [-0.1, -0.05) is 6.58 Å². The number of aliphatic carboxylic acids is 1. The number of rotatable bonds is 2. The van der Waals surface area contributed by atoms with Crippen LogP contribution in [0, 0.1) is 0 Å². The van der Waals surface area contributed by atoms with Gasteiger partial charge in [-0.15, -0.1) is 0 Å². The topological polar surface area (TPSA) is 66.8 Å². The lowest BCUT2D eigenvalue weighted by Crippen LogP contribution is -2.56. The summed E-state index contributed by atoms with van der Waals surface area (Å²) in [7, 11) is 0. The zero-order chi connectivity index (χ0) is 10.7. The molecule has 1 aliphatic heterocycles. The number of carboxylic acid groups (broad SMARTS) is 1. The summed E-state index contributed by atoms with van der Waals surface area (Å²) in [6, 6.07) is -0.908. The van der Waals surface area contributed by atoms with E-state index in [0.29, 0.717) is 13.2 Å². The smallest absolute Gasteiger partial charge is 0.329 e. The minimum atomic E-state index is -1.05. The maximum atomic E-state index is 11.3. The van der Waals surface area contributed by atoms with Crippen LogP contribution in [-0.2, 0) is 14.3 Å². The minimum absolute atomic E-state index is 0.298. The van der Waals surface area contributed by atoms with E-state index in [9.17, 15) is 9.59 Å². The van der Waals surface area contributed by atoms with E-state index >= 15 is 0 Å². The minimum Gasteiger partial charge on any atom is -0.480 e. The first kappa shape index (κ1) is 10.7. The summed E-state index contributed by atoms with van der Waals surface area (Å²) in [4.78, 5) is 23.5. The molecule has 0 unspecified atom stereocenters. The molecule has 5 nitrogen and oxygen atoms in total. The van der Waals surface area contributed by atoms with Gasteiger partial charge in [-0.2, -0.15) is 0 Å². The maximum Gasteiger partial charge on any atom is 0.329 e. The molecule has 1 fully saturated rings. The molecule has 78 valence electrons. The number of ether oxygens (including phenoxy) is 1. The number of morpholine rings is 1. The first-order valence-corrected chi connectivity index (χ1v) is 4.35. The molecule has 1 rings (SSSR count). The summed E-state index contributed by atoms with van der Waals surface area (Å²) in [5, 5.41) is 8.92. The number of hydrogen-bond donors (Lipinski definition) is 1. The second-order valence-corrected chi connectivity index (χ2v) is 3.09. The van der Waals surface area contributed by atoms with Crippen molar-refractivity contribution in [1.29, 1.82) is 0 Å². The Morgan fingerprint density at radius 3 is 2.79 bits per heavy atom. The van der Waals surface area contributed by atoms with Crippen LogP contribution in [-0.4, -0.2) is 47.2 Å². The van der Waals surface area contributed by atoms with Crippen molar-refractivity contribution < 1.29 is 19.4 Å². The zero-order valence-electron chi connectivity index (χ0n) is 7.97. The Hall–Kier alpha value is -1.36. The summed E-state index contributed by atoms with van der Waals surface area (Å²) < 4.78 is 5.17. The quantitative estimate of drug-likeness (QED) is 0.629. The van der Waals surface area contributed by atoms with Gasteiger partial charge in [-0.25, -0.2) is 4.79 Å². The van der Waals surface area contributed by atoms with Gasteiger partial charge in [0.1, 0.15) is 0 Å². The van der Waals surface area contributed by atoms with Gasteiger partial charge in [0.25, 0.3) is 0 Å². The van der Waals surface area contributed by atoms with E-state index in [2.05, 4.69) is 6.58 Å². The van der Waals surface area contributed by atoms with Crippen LogP contribution in [0.25, 0.3) is 0 Å². The molecule has 1 N–H and O–H groups in total.